The summed E-state index contributed by atoms with van der Waals surface area (Å²) in [6.07, 6.45) is 4.22. The predicted octanol–water partition coefficient (Wildman–Crippen LogP) is 1.73. The van der Waals surface area contributed by atoms with E-state index in [9.17, 15) is 9.59 Å². The van der Waals surface area contributed by atoms with Gasteiger partial charge in [0.25, 0.3) is 0 Å². The molecule has 0 aliphatic heterocycles. The molecule has 88 valence electrons. The van der Waals surface area contributed by atoms with Crippen LogP contribution in [0.25, 0.3) is 0 Å². The van der Waals surface area contributed by atoms with Crippen LogP contribution in [0.1, 0.15) is 44.9 Å². The molecule has 0 spiro atoms. The minimum absolute atomic E-state index is 0.0759. The molecule has 0 radical (unpaired) electrons. The third-order valence-corrected chi connectivity index (χ3v) is 2.35. The van der Waals surface area contributed by atoms with Gasteiger partial charge in [-0.2, -0.15) is 0 Å². The van der Waals surface area contributed by atoms with Crippen molar-refractivity contribution in [1.82, 2.24) is 0 Å². The topological polar surface area (TPSA) is 63.6 Å². The number of carboxylic acid groups (broad SMARTS) is 1. The minimum Gasteiger partial charge on any atom is -0.481 e. The maximum atomic E-state index is 11.3. The second-order valence-corrected chi connectivity index (χ2v) is 3.79. The summed E-state index contributed by atoms with van der Waals surface area (Å²) < 4.78 is 5.10. The third-order valence-electron chi connectivity index (χ3n) is 2.35. The Kier molecular flexibility index (Phi) is 5.41. The van der Waals surface area contributed by atoms with Gasteiger partial charge in [0.2, 0.25) is 0 Å². The van der Waals surface area contributed by atoms with Gasteiger partial charge in [-0.25, -0.2) is 0 Å². The molecule has 0 saturated heterocycles. The van der Waals surface area contributed by atoms with Crippen molar-refractivity contribution in [2.24, 2.45) is 0 Å². The number of esters is 1. The van der Waals surface area contributed by atoms with Crippen LogP contribution in [0.3, 0.4) is 0 Å². The molecule has 1 aliphatic carbocycles. The van der Waals surface area contributed by atoms with Crippen LogP contribution in [0.2, 0.25) is 0 Å². The van der Waals surface area contributed by atoms with Gasteiger partial charge in [-0.15, -0.1) is 0 Å². The van der Waals surface area contributed by atoms with Crippen molar-refractivity contribution in [1.29, 1.82) is 0 Å². The molecular weight excluding hydrogens is 208 g/mol. The Morgan fingerprint density at radius 2 is 2.06 bits per heavy atom. The summed E-state index contributed by atoms with van der Waals surface area (Å²) >= 11 is 0. The van der Waals surface area contributed by atoms with E-state index < -0.39 is 11.9 Å². The van der Waals surface area contributed by atoms with Gasteiger partial charge in [0, 0.05) is 6.42 Å². The fourth-order valence-corrected chi connectivity index (χ4v) is 1.49. The fourth-order valence-electron chi connectivity index (χ4n) is 1.49. The molecule has 0 aromatic carbocycles. The standard InChI is InChI=1S/C12H16O4/c13-11(14)8-9-12(15)16-10-6-4-2-1-3-5-7-10/h10H,1-4,6,8-9H2,(H,13,14). The van der Waals surface area contributed by atoms with Crippen LogP contribution in [0.15, 0.2) is 0 Å². The van der Waals surface area contributed by atoms with Gasteiger partial charge in [-0.3, -0.25) is 9.59 Å². The summed E-state index contributed by atoms with van der Waals surface area (Å²) in [6, 6.07) is 0. The fraction of sp³-hybridized carbons (Fsp3) is 0.667. The van der Waals surface area contributed by atoms with E-state index in [4.69, 9.17) is 9.84 Å². The highest BCUT2D eigenvalue weighted by atomic mass is 16.5. The molecule has 1 rings (SSSR count). The van der Waals surface area contributed by atoms with Gasteiger partial charge < -0.3 is 9.84 Å². The second-order valence-electron chi connectivity index (χ2n) is 3.79. The van der Waals surface area contributed by atoms with E-state index in [1.54, 1.807) is 0 Å². The van der Waals surface area contributed by atoms with Crippen LogP contribution < -0.4 is 0 Å². The lowest BCUT2D eigenvalue weighted by Gasteiger charge is -2.13. The molecule has 0 fully saturated rings. The molecule has 0 bridgehead atoms. The number of carbonyl (C=O) groups excluding carboxylic acids is 1. The molecule has 4 heteroatoms. The predicted molar refractivity (Wildman–Crippen MR) is 57.6 cm³/mol. The number of carbonyl (C=O) groups is 2. The summed E-state index contributed by atoms with van der Waals surface area (Å²) in [4.78, 5) is 21.5. The molecule has 4 nitrogen and oxygen atoms in total. The number of aliphatic carboxylic acids is 1. The summed E-state index contributed by atoms with van der Waals surface area (Å²) in [5, 5.41) is 8.41. The van der Waals surface area contributed by atoms with E-state index in [-0.39, 0.29) is 18.9 Å². The van der Waals surface area contributed by atoms with Crippen molar-refractivity contribution in [2.45, 2.75) is 51.0 Å². The van der Waals surface area contributed by atoms with Gasteiger partial charge in [-0.1, -0.05) is 18.3 Å². The Labute approximate surface area is 95.0 Å². The Bertz CT molecular complexity index is 311. The number of hydrogen-bond acceptors (Lipinski definition) is 3. The van der Waals surface area contributed by atoms with Crippen molar-refractivity contribution in [3.05, 3.63) is 0 Å². The largest absolute Gasteiger partial charge is 0.481 e. The quantitative estimate of drug-likeness (QED) is 0.583. The highest BCUT2D eigenvalue weighted by molar-refractivity contribution is 5.76. The van der Waals surface area contributed by atoms with Crippen molar-refractivity contribution in [2.75, 3.05) is 0 Å². The average molecular weight is 224 g/mol. The number of hydrogen-bond donors (Lipinski definition) is 1. The number of carboxylic acids is 1. The van der Waals surface area contributed by atoms with Crippen LogP contribution >= 0.6 is 0 Å². The zero-order chi connectivity index (χ0) is 11.8. The molecule has 0 amide bonds. The lowest BCUT2D eigenvalue weighted by Crippen LogP contribution is -2.18. The number of rotatable bonds is 4. The molecule has 0 aromatic heterocycles. The molecule has 1 atom stereocenters. The Morgan fingerprint density at radius 1 is 1.25 bits per heavy atom. The van der Waals surface area contributed by atoms with Gasteiger partial charge >= 0.3 is 11.9 Å². The maximum Gasteiger partial charge on any atom is 0.307 e. The highest BCUT2D eigenvalue weighted by Crippen LogP contribution is 2.11. The smallest absolute Gasteiger partial charge is 0.307 e. The zero-order valence-electron chi connectivity index (χ0n) is 9.20. The first-order valence-electron chi connectivity index (χ1n) is 5.58. The number of ether oxygens (including phenoxy) is 1. The molecule has 0 heterocycles. The minimum atomic E-state index is -0.985. The van der Waals surface area contributed by atoms with Gasteiger partial charge in [0.1, 0.15) is 0 Å². The van der Waals surface area contributed by atoms with Crippen LogP contribution in [0, 0.1) is 11.8 Å². The maximum absolute atomic E-state index is 11.3. The molecule has 1 N–H and O–H groups in total. The van der Waals surface area contributed by atoms with Crippen molar-refractivity contribution in [3.63, 3.8) is 0 Å². The second kappa shape index (κ2) is 6.89. The monoisotopic (exact) mass is 224 g/mol. The summed E-state index contributed by atoms with van der Waals surface area (Å²) in [6.45, 7) is 0. The average Bonchev–Trinajstić information content (AvgIpc) is 2.19. The Balaban J connectivity index is 2.33. The van der Waals surface area contributed by atoms with Gasteiger partial charge in [-0.05, 0) is 19.3 Å². The Morgan fingerprint density at radius 3 is 2.81 bits per heavy atom. The summed E-state index contributed by atoms with van der Waals surface area (Å²) in [7, 11) is 0. The van der Waals surface area contributed by atoms with Crippen LogP contribution in [-0.2, 0) is 14.3 Å². The summed E-state index contributed by atoms with van der Waals surface area (Å²) in [5.74, 6) is 4.41. The first-order chi connectivity index (χ1) is 7.68. The van der Waals surface area contributed by atoms with E-state index in [1.165, 1.54) is 0 Å². The summed E-state index contributed by atoms with van der Waals surface area (Å²) in [5.41, 5.74) is 0. The first-order valence-corrected chi connectivity index (χ1v) is 5.58. The van der Waals surface area contributed by atoms with Gasteiger partial charge in [0.05, 0.1) is 12.8 Å². The molecule has 0 saturated carbocycles. The van der Waals surface area contributed by atoms with E-state index in [0.29, 0.717) is 0 Å². The first kappa shape index (κ1) is 12.6. The van der Waals surface area contributed by atoms with Crippen LogP contribution in [-0.4, -0.2) is 23.1 Å². The van der Waals surface area contributed by atoms with Crippen molar-refractivity contribution < 1.29 is 19.4 Å². The molecule has 0 aromatic rings. The lowest BCUT2D eigenvalue weighted by molar-refractivity contribution is -0.150. The SMILES string of the molecule is O=C(O)CCC(=O)OC1C#CCCCCC1. The van der Waals surface area contributed by atoms with E-state index in [1.807, 2.05) is 0 Å². The normalized spacial score (nSPS) is 19.9. The van der Waals surface area contributed by atoms with E-state index in [0.717, 1.165) is 32.1 Å². The zero-order valence-corrected chi connectivity index (χ0v) is 9.20. The van der Waals surface area contributed by atoms with Gasteiger partial charge in [0.15, 0.2) is 6.10 Å². The molecular formula is C12H16O4. The molecule has 16 heavy (non-hydrogen) atoms. The van der Waals surface area contributed by atoms with Crippen molar-refractivity contribution in [3.8, 4) is 11.8 Å². The Hall–Kier alpha value is -1.50. The lowest BCUT2D eigenvalue weighted by atomic mass is 10.1. The van der Waals surface area contributed by atoms with Crippen LogP contribution in [0.4, 0.5) is 0 Å². The van der Waals surface area contributed by atoms with E-state index in [2.05, 4.69) is 11.8 Å². The van der Waals surface area contributed by atoms with Crippen molar-refractivity contribution >= 4 is 11.9 Å². The molecule has 1 unspecified atom stereocenters. The van der Waals surface area contributed by atoms with E-state index >= 15 is 0 Å². The van der Waals surface area contributed by atoms with Crippen LogP contribution in [0.5, 0.6) is 0 Å². The third kappa shape index (κ3) is 5.40. The highest BCUT2D eigenvalue weighted by Gasteiger charge is 2.13. The molecule has 1 aliphatic rings.